The normalized spacial score (nSPS) is 26.2. The molecule has 4 amide bonds. The summed E-state index contributed by atoms with van der Waals surface area (Å²) in [6.07, 6.45) is 2.39. The maximum Gasteiger partial charge on any atom is 0.260 e. The summed E-state index contributed by atoms with van der Waals surface area (Å²) in [5.74, 6) is -4.64. The van der Waals surface area contributed by atoms with Crippen LogP contribution in [0.25, 0.3) is 0 Å². The summed E-state index contributed by atoms with van der Waals surface area (Å²) >= 11 is 12.7. The van der Waals surface area contributed by atoms with E-state index in [9.17, 15) is 19.5 Å². The minimum absolute atomic E-state index is 0.0982. The number of phenols is 1. The highest BCUT2D eigenvalue weighted by molar-refractivity contribution is 6.36. The molecule has 10 nitrogen and oxygen atoms in total. The van der Waals surface area contributed by atoms with Crippen LogP contribution in [0.4, 0.5) is 5.69 Å². The van der Waals surface area contributed by atoms with E-state index in [4.69, 9.17) is 32.7 Å². The van der Waals surface area contributed by atoms with Crippen molar-refractivity contribution in [2.75, 3.05) is 19.6 Å². The van der Waals surface area contributed by atoms with Gasteiger partial charge in [0.05, 0.1) is 54.6 Å². The Morgan fingerprint density at radius 2 is 1.60 bits per heavy atom. The van der Waals surface area contributed by atoms with Crippen LogP contribution in [0.5, 0.6) is 17.2 Å². The molecule has 8 rings (SSSR count). The fraction of sp³-hybridized carbons (Fsp3) is 0.268. The number of amides is 4. The predicted octanol–water partition coefficient (Wildman–Crippen LogP) is 6.90. The van der Waals surface area contributed by atoms with Gasteiger partial charge in [0.15, 0.2) is 11.5 Å². The Hall–Kier alpha value is -5.32. The fourth-order valence-electron chi connectivity index (χ4n) is 9.08. The highest BCUT2D eigenvalue weighted by Crippen LogP contribution is 2.64. The molecule has 2 N–H and O–H groups in total. The zero-order chi connectivity index (χ0) is 37.2. The molecule has 12 heteroatoms. The standard InChI is InChI=1S/C41H35Cl2N3O7/c1-52-26-12-9-24(10-13-26)41-30(38(49)46(40(41)51)44-32-16-11-25(42)19-31(32)43)20-29-27(36(41)23-8-17-33(47)34(18-23)53-2)14-15-28-35(29)39(50)45(37(28)48)21-22-6-4-3-5-7-22/h3-14,16-19,28-30,35-36,44,47H,15,20-21H2,1-2H3. The fourth-order valence-corrected chi connectivity index (χ4v) is 9.53. The molecule has 53 heavy (non-hydrogen) atoms. The Balaban J connectivity index is 1.32. The van der Waals surface area contributed by atoms with E-state index < -0.39 is 46.8 Å². The molecule has 1 saturated carbocycles. The molecule has 270 valence electrons. The number of rotatable bonds is 8. The summed E-state index contributed by atoms with van der Waals surface area (Å²) in [6, 6.07) is 26.0. The van der Waals surface area contributed by atoms with Crippen molar-refractivity contribution in [1.29, 1.82) is 0 Å². The van der Waals surface area contributed by atoms with E-state index in [1.54, 1.807) is 55.6 Å². The van der Waals surface area contributed by atoms with Crippen LogP contribution in [0.3, 0.4) is 0 Å². The number of hydrazine groups is 1. The molecule has 6 unspecified atom stereocenters. The summed E-state index contributed by atoms with van der Waals surface area (Å²) in [6.45, 7) is 0.141. The average Bonchev–Trinajstić information content (AvgIpc) is 3.53. The van der Waals surface area contributed by atoms with Crippen molar-refractivity contribution in [1.82, 2.24) is 9.91 Å². The van der Waals surface area contributed by atoms with Crippen LogP contribution in [-0.4, -0.2) is 52.9 Å². The van der Waals surface area contributed by atoms with Gasteiger partial charge in [0, 0.05) is 10.9 Å². The largest absolute Gasteiger partial charge is 0.504 e. The van der Waals surface area contributed by atoms with Crippen molar-refractivity contribution in [2.24, 2.45) is 23.7 Å². The number of imide groups is 2. The van der Waals surface area contributed by atoms with Gasteiger partial charge in [-0.3, -0.25) is 29.5 Å². The lowest BCUT2D eigenvalue weighted by molar-refractivity contribution is -0.142. The lowest BCUT2D eigenvalue weighted by atomic mass is 9.49. The molecule has 2 aliphatic heterocycles. The van der Waals surface area contributed by atoms with Crippen LogP contribution in [-0.2, 0) is 31.1 Å². The number of fused-ring (bicyclic) bond motifs is 4. The average molecular weight is 753 g/mol. The predicted molar refractivity (Wildman–Crippen MR) is 197 cm³/mol. The topological polar surface area (TPSA) is 125 Å². The van der Waals surface area contributed by atoms with Crippen LogP contribution in [0, 0.1) is 23.7 Å². The number of hydrogen-bond donors (Lipinski definition) is 2. The number of carbonyl (C=O) groups excluding carboxylic acids is 4. The van der Waals surface area contributed by atoms with Crippen molar-refractivity contribution in [3.05, 3.63) is 129 Å². The first-order valence-corrected chi connectivity index (χ1v) is 18.0. The molecule has 0 spiro atoms. The first-order valence-electron chi connectivity index (χ1n) is 17.3. The van der Waals surface area contributed by atoms with Gasteiger partial charge in [0.1, 0.15) is 5.75 Å². The zero-order valence-corrected chi connectivity index (χ0v) is 30.3. The Bertz CT molecular complexity index is 2190. The van der Waals surface area contributed by atoms with Crippen molar-refractivity contribution in [3.8, 4) is 17.2 Å². The van der Waals surface area contributed by atoms with Gasteiger partial charge in [-0.05, 0) is 77.9 Å². The van der Waals surface area contributed by atoms with Gasteiger partial charge in [-0.25, -0.2) is 0 Å². The lowest BCUT2D eigenvalue weighted by Gasteiger charge is -2.50. The number of phenolic OH excluding ortho intramolecular Hbond substituents is 1. The highest BCUT2D eigenvalue weighted by Gasteiger charge is 2.70. The van der Waals surface area contributed by atoms with Gasteiger partial charge in [-0.15, -0.1) is 0 Å². The van der Waals surface area contributed by atoms with E-state index >= 15 is 4.79 Å². The molecule has 2 saturated heterocycles. The molecular weight excluding hydrogens is 717 g/mol. The third-order valence-corrected chi connectivity index (χ3v) is 11.9. The van der Waals surface area contributed by atoms with Gasteiger partial charge in [-0.1, -0.05) is 83.4 Å². The van der Waals surface area contributed by atoms with Crippen molar-refractivity contribution < 1.29 is 33.8 Å². The smallest absolute Gasteiger partial charge is 0.260 e. The van der Waals surface area contributed by atoms with Crippen LogP contribution in [0.15, 0.2) is 103 Å². The maximum absolute atomic E-state index is 15.4. The number of allylic oxidation sites excluding steroid dienone is 2. The molecule has 4 aliphatic rings. The van der Waals surface area contributed by atoms with Crippen molar-refractivity contribution in [2.45, 2.75) is 30.7 Å². The first-order chi connectivity index (χ1) is 25.6. The third kappa shape index (κ3) is 5.37. The molecular formula is C41H35Cl2N3O7. The summed E-state index contributed by atoms with van der Waals surface area (Å²) in [5.41, 5.74) is 4.52. The summed E-state index contributed by atoms with van der Waals surface area (Å²) in [5, 5.41) is 12.3. The molecule has 6 atom stereocenters. The maximum atomic E-state index is 15.4. The number of nitrogens with one attached hydrogen (secondary N) is 1. The van der Waals surface area contributed by atoms with Gasteiger partial charge in [-0.2, -0.15) is 5.01 Å². The van der Waals surface area contributed by atoms with Gasteiger partial charge < -0.3 is 14.6 Å². The highest BCUT2D eigenvalue weighted by atomic mass is 35.5. The Kier molecular flexibility index (Phi) is 8.70. The minimum Gasteiger partial charge on any atom is -0.504 e. The quantitative estimate of drug-likeness (QED) is 0.147. The first kappa shape index (κ1) is 34.7. The molecule has 4 aromatic carbocycles. The SMILES string of the molecule is COc1ccc(C23C(=O)N(Nc4ccc(Cl)cc4Cl)C(=O)C2CC2C(=CCC4C(=O)N(Cc5ccccc5)C(=O)C42)C3c2ccc(O)c(OC)c2)cc1. The van der Waals surface area contributed by atoms with Crippen LogP contribution in [0.1, 0.15) is 35.4 Å². The molecule has 2 heterocycles. The number of carbonyl (C=O) groups is 4. The number of halogens is 2. The third-order valence-electron chi connectivity index (χ3n) is 11.4. The molecule has 0 bridgehead atoms. The van der Waals surface area contributed by atoms with Crippen LogP contribution >= 0.6 is 23.2 Å². The number of hydrogen-bond acceptors (Lipinski definition) is 8. The monoisotopic (exact) mass is 751 g/mol. The summed E-state index contributed by atoms with van der Waals surface area (Å²) in [7, 11) is 2.98. The second-order valence-corrected chi connectivity index (χ2v) is 14.7. The van der Waals surface area contributed by atoms with Gasteiger partial charge in [0.2, 0.25) is 11.8 Å². The van der Waals surface area contributed by atoms with E-state index in [0.717, 1.165) is 16.1 Å². The van der Waals surface area contributed by atoms with E-state index in [2.05, 4.69) is 5.43 Å². The van der Waals surface area contributed by atoms with Gasteiger partial charge >= 0.3 is 0 Å². The Morgan fingerprint density at radius 3 is 2.30 bits per heavy atom. The minimum atomic E-state index is -1.54. The van der Waals surface area contributed by atoms with Crippen molar-refractivity contribution in [3.63, 3.8) is 0 Å². The molecule has 2 aliphatic carbocycles. The summed E-state index contributed by atoms with van der Waals surface area (Å²) in [4.78, 5) is 60.0. The Labute approximate surface area is 315 Å². The number of nitrogens with zero attached hydrogens (tertiary/aromatic N) is 2. The number of anilines is 1. The second-order valence-electron chi connectivity index (χ2n) is 13.9. The van der Waals surface area contributed by atoms with Crippen LogP contribution < -0.4 is 14.9 Å². The van der Waals surface area contributed by atoms with Gasteiger partial charge in [0.25, 0.3) is 11.8 Å². The lowest BCUT2D eigenvalue weighted by Crippen LogP contribution is -2.53. The number of ether oxygens (including phenoxy) is 2. The second kappa shape index (κ2) is 13.3. The zero-order valence-electron chi connectivity index (χ0n) is 28.8. The van der Waals surface area contributed by atoms with E-state index in [0.29, 0.717) is 27.6 Å². The van der Waals surface area contributed by atoms with E-state index in [1.165, 1.54) is 24.1 Å². The molecule has 0 aromatic heterocycles. The Morgan fingerprint density at radius 1 is 0.849 bits per heavy atom. The number of likely N-dealkylation sites (tertiary alicyclic amines) is 1. The van der Waals surface area contributed by atoms with Crippen molar-refractivity contribution >= 4 is 52.5 Å². The van der Waals surface area contributed by atoms with Crippen LogP contribution in [0.2, 0.25) is 10.0 Å². The number of aromatic hydroxyl groups is 1. The summed E-state index contributed by atoms with van der Waals surface area (Å²) < 4.78 is 11.0. The van der Waals surface area contributed by atoms with E-state index in [1.807, 2.05) is 36.4 Å². The van der Waals surface area contributed by atoms with E-state index in [-0.39, 0.29) is 47.7 Å². The molecule has 4 aromatic rings. The number of benzene rings is 4. The molecule has 0 radical (unpaired) electrons. The number of methoxy groups -OCH3 is 2. The molecule has 3 fully saturated rings.